The molecule has 26 heavy (non-hydrogen) atoms. The first kappa shape index (κ1) is 19.1. The van der Waals surface area contributed by atoms with Crippen molar-refractivity contribution in [3.63, 3.8) is 0 Å². The molecule has 0 saturated carbocycles. The summed E-state index contributed by atoms with van der Waals surface area (Å²) in [7, 11) is -7.66. The lowest BCUT2D eigenvalue weighted by Gasteiger charge is -2.19. The van der Waals surface area contributed by atoms with E-state index in [1.807, 2.05) is 12.1 Å². The lowest BCUT2D eigenvalue weighted by atomic mass is 10.2. The molecule has 0 amide bonds. The van der Waals surface area contributed by atoms with Crippen LogP contribution in [0.5, 0.6) is 0 Å². The SMILES string of the molecule is O=S(=O)(NCCS(=O)(=O)N1CCc2ccccc21)c1ccc(F)c(Cl)c1. The molecule has 0 aliphatic carbocycles. The summed E-state index contributed by atoms with van der Waals surface area (Å²) in [6.45, 7) is 0.0281. The minimum absolute atomic E-state index is 0.229. The number of fused-ring (bicyclic) bond motifs is 1. The Labute approximate surface area is 156 Å². The van der Waals surface area contributed by atoms with Crippen molar-refractivity contribution in [1.29, 1.82) is 0 Å². The van der Waals surface area contributed by atoms with E-state index in [0.717, 1.165) is 23.8 Å². The topological polar surface area (TPSA) is 83.5 Å². The van der Waals surface area contributed by atoms with Crippen molar-refractivity contribution >= 4 is 37.3 Å². The molecule has 0 fully saturated rings. The van der Waals surface area contributed by atoms with Gasteiger partial charge >= 0.3 is 0 Å². The van der Waals surface area contributed by atoms with E-state index in [9.17, 15) is 21.2 Å². The summed E-state index contributed by atoms with van der Waals surface area (Å²) >= 11 is 5.59. The van der Waals surface area contributed by atoms with Gasteiger partial charge in [0, 0.05) is 13.1 Å². The number of hydrogen-bond acceptors (Lipinski definition) is 4. The molecule has 2 aromatic carbocycles. The summed E-state index contributed by atoms with van der Waals surface area (Å²) < 4.78 is 66.1. The van der Waals surface area contributed by atoms with Crippen molar-refractivity contribution in [3.8, 4) is 0 Å². The highest BCUT2D eigenvalue weighted by atomic mass is 35.5. The van der Waals surface area contributed by atoms with Gasteiger partial charge in [-0.25, -0.2) is 25.9 Å². The molecule has 1 N–H and O–H groups in total. The summed E-state index contributed by atoms with van der Waals surface area (Å²) in [5.74, 6) is -1.13. The molecule has 0 bridgehead atoms. The maximum atomic E-state index is 13.2. The van der Waals surface area contributed by atoms with Gasteiger partial charge in [0.05, 0.1) is 21.4 Å². The monoisotopic (exact) mass is 418 g/mol. The highest BCUT2D eigenvalue weighted by molar-refractivity contribution is 7.93. The largest absolute Gasteiger partial charge is 0.270 e. The molecule has 0 atom stereocenters. The van der Waals surface area contributed by atoms with Gasteiger partial charge in [-0.2, -0.15) is 0 Å². The van der Waals surface area contributed by atoms with Crippen LogP contribution in [-0.2, 0) is 26.5 Å². The van der Waals surface area contributed by atoms with E-state index in [-0.39, 0.29) is 16.5 Å². The van der Waals surface area contributed by atoms with Crippen LogP contribution in [0.25, 0.3) is 0 Å². The number of sulfonamides is 2. The van der Waals surface area contributed by atoms with E-state index >= 15 is 0 Å². The molecular formula is C16H16ClFN2O4S2. The van der Waals surface area contributed by atoms with Crippen LogP contribution in [0.15, 0.2) is 47.4 Å². The fraction of sp³-hybridized carbons (Fsp3) is 0.250. The molecule has 1 heterocycles. The van der Waals surface area contributed by atoms with E-state index in [1.165, 1.54) is 4.31 Å². The fourth-order valence-corrected chi connectivity index (χ4v) is 5.60. The van der Waals surface area contributed by atoms with Crippen LogP contribution in [0.2, 0.25) is 5.02 Å². The zero-order valence-electron chi connectivity index (χ0n) is 13.5. The van der Waals surface area contributed by atoms with E-state index in [4.69, 9.17) is 11.6 Å². The molecule has 0 radical (unpaired) electrons. The smallest absolute Gasteiger partial charge is 0.240 e. The average Bonchev–Trinajstić information content (AvgIpc) is 3.02. The average molecular weight is 419 g/mol. The number of nitrogens with one attached hydrogen (secondary N) is 1. The summed E-state index contributed by atoms with van der Waals surface area (Å²) in [5.41, 5.74) is 1.57. The number of hydrogen-bond donors (Lipinski definition) is 1. The zero-order chi connectivity index (χ0) is 18.9. The first-order valence-electron chi connectivity index (χ1n) is 7.74. The van der Waals surface area contributed by atoms with Gasteiger partial charge in [-0.3, -0.25) is 4.31 Å². The van der Waals surface area contributed by atoms with Gasteiger partial charge in [0.15, 0.2) is 0 Å². The molecule has 3 rings (SSSR count). The molecule has 1 aliphatic rings. The Morgan fingerprint density at radius 2 is 1.85 bits per heavy atom. The normalized spacial score (nSPS) is 14.5. The number of rotatable bonds is 6. The highest BCUT2D eigenvalue weighted by Gasteiger charge is 2.29. The maximum absolute atomic E-state index is 13.2. The molecule has 1 aliphatic heterocycles. The summed E-state index contributed by atoms with van der Waals surface area (Å²) in [6.07, 6.45) is 0.620. The minimum Gasteiger partial charge on any atom is -0.270 e. The van der Waals surface area contributed by atoms with Crippen LogP contribution >= 0.6 is 11.6 Å². The lowest BCUT2D eigenvalue weighted by molar-refractivity contribution is 0.579. The third kappa shape index (κ3) is 3.85. The standard InChI is InChI=1S/C16H16ClFN2O4S2/c17-14-11-13(5-6-15(14)18)26(23,24)19-8-10-25(21,22)20-9-7-12-3-1-2-4-16(12)20/h1-6,11,19H,7-10H2. The number of anilines is 1. The van der Waals surface area contributed by atoms with Crippen molar-refractivity contribution in [1.82, 2.24) is 4.72 Å². The van der Waals surface area contributed by atoms with Crippen molar-refractivity contribution in [2.24, 2.45) is 0 Å². The molecular weight excluding hydrogens is 403 g/mol. The van der Waals surface area contributed by atoms with Crippen LogP contribution in [-0.4, -0.2) is 35.7 Å². The Morgan fingerprint density at radius 3 is 2.58 bits per heavy atom. The van der Waals surface area contributed by atoms with Crippen molar-refractivity contribution < 1.29 is 21.2 Å². The van der Waals surface area contributed by atoms with Gasteiger partial charge in [-0.15, -0.1) is 0 Å². The Kier molecular flexibility index (Phi) is 5.25. The molecule has 140 valence electrons. The number of nitrogens with zero attached hydrogens (tertiary/aromatic N) is 1. The lowest BCUT2D eigenvalue weighted by Crippen LogP contribution is -2.37. The maximum Gasteiger partial charge on any atom is 0.240 e. The number of halogens is 2. The summed E-state index contributed by atoms with van der Waals surface area (Å²) in [4.78, 5) is -0.229. The summed E-state index contributed by atoms with van der Waals surface area (Å²) in [6, 6.07) is 10.2. The van der Waals surface area contributed by atoms with Gasteiger partial charge < -0.3 is 0 Å². The van der Waals surface area contributed by atoms with Gasteiger partial charge in [0.1, 0.15) is 5.82 Å². The number of benzene rings is 2. The van der Waals surface area contributed by atoms with Gasteiger partial charge in [0.25, 0.3) is 0 Å². The highest BCUT2D eigenvalue weighted by Crippen LogP contribution is 2.29. The molecule has 0 spiro atoms. The van der Waals surface area contributed by atoms with Crippen LogP contribution in [0.3, 0.4) is 0 Å². The quantitative estimate of drug-likeness (QED) is 0.779. The molecule has 2 aromatic rings. The first-order valence-corrected chi connectivity index (χ1v) is 11.2. The molecule has 0 aromatic heterocycles. The third-order valence-corrected chi connectivity index (χ3v) is 7.55. The second kappa shape index (κ2) is 7.15. The third-order valence-electron chi connectivity index (χ3n) is 4.03. The minimum atomic E-state index is -3.99. The van der Waals surface area contributed by atoms with Gasteiger partial charge in [0.2, 0.25) is 20.0 Å². The first-order chi connectivity index (χ1) is 12.2. The number of para-hydroxylation sites is 1. The van der Waals surface area contributed by atoms with Gasteiger partial charge in [-0.05, 0) is 36.2 Å². The Hall–Kier alpha value is -1.68. The zero-order valence-corrected chi connectivity index (χ0v) is 15.9. The van der Waals surface area contributed by atoms with E-state index < -0.39 is 31.6 Å². The van der Waals surface area contributed by atoms with Crippen molar-refractivity contribution in [2.75, 3.05) is 23.1 Å². The van der Waals surface area contributed by atoms with E-state index in [1.54, 1.807) is 12.1 Å². The Bertz CT molecular complexity index is 1040. The van der Waals surface area contributed by atoms with Crippen LogP contribution < -0.4 is 9.03 Å². The van der Waals surface area contributed by atoms with Crippen molar-refractivity contribution in [2.45, 2.75) is 11.3 Å². The molecule has 6 nitrogen and oxygen atoms in total. The van der Waals surface area contributed by atoms with E-state index in [2.05, 4.69) is 4.72 Å². The second-order valence-electron chi connectivity index (χ2n) is 5.74. The van der Waals surface area contributed by atoms with Crippen molar-refractivity contribution in [3.05, 3.63) is 58.9 Å². The van der Waals surface area contributed by atoms with Crippen LogP contribution in [0.4, 0.5) is 10.1 Å². The Balaban J connectivity index is 1.68. The molecule has 0 unspecified atom stereocenters. The van der Waals surface area contributed by atoms with E-state index in [0.29, 0.717) is 18.7 Å². The predicted octanol–water partition coefficient (Wildman–Crippen LogP) is 2.15. The Morgan fingerprint density at radius 1 is 1.12 bits per heavy atom. The van der Waals surface area contributed by atoms with Gasteiger partial charge in [-0.1, -0.05) is 29.8 Å². The fourth-order valence-electron chi connectivity index (χ4n) is 2.74. The molecule has 10 heteroatoms. The second-order valence-corrected chi connectivity index (χ2v) is 9.93. The molecule has 0 saturated heterocycles. The van der Waals surface area contributed by atoms with Crippen LogP contribution in [0, 0.1) is 5.82 Å². The van der Waals surface area contributed by atoms with Crippen LogP contribution in [0.1, 0.15) is 5.56 Å². The predicted molar refractivity (Wildman–Crippen MR) is 97.9 cm³/mol. The summed E-state index contributed by atoms with van der Waals surface area (Å²) in [5, 5.41) is -0.325.